The minimum absolute atomic E-state index is 0.00216. The fourth-order valence-corrected chi connectivity index (χ4v) is 1.33. The van der Waals surface area contributed by atoms with Crippen LogP contribution in [0.3, 0.4) is 0 Å². The minimum atomic E-state index is -0.129. The van der Waals surface area contributed by atoms with Crippen LogP contribution in [0.4, 0.5) is 0 Å². The van der Waals surface area contributed by atoms with Crippen LogP contribution in [0.1, 0.15) is 19.8 Å². The zero-order valence-corrected chi connectivity index (χ0v) is 7.17. The highest BCUT2D eigenvalue weighted by atomic mass is 16.5. The second-order valence-electron chi connectivity index (χ2n) is 2.95. The lowest BCUT2D eigenvalue weighted by Gasteiger charge is -2.26. The number of hydrogen-bond acceptors (Lipinski definition) is 2. The van der Waals surface area contributed by atoms with Gasteiger partial charge in [-0.2, -0.15) is 0 Å². The highest BCUT2D eigenvalue weighted by molar-refractivity contribution is 5.73. The van der Waals surface area contributed by atoms with Gasteiger partial charge >= 0.3 is 0 Å². The molecule has 12 heavy (non-hydrogen) atoms. The van der Waals surface area contributed by atoms with Gasteiger partial charge in [-0.15, -0.1) is 6.42 Å². The Balaban J connectivity index is 2.36. The van der Waals surface area contributed by atoms with Crippen molar-refractivity contribution in [3.05, 3.63) is 0 Å². The molecule has 1 amide bonds. The molecule has 1 aliphatic rings. The van der Waals surface area contributed by atoms with Gasteiger partial charge in [0.05, 0.1) is 6.61 Å². The first-order valence-electron chi connectivity index (χ1n) is 4.07. The van der Waals surface area contributed by atoms with Crippen LogP contribution in [0.5, 0.6) is 0 Å². The number of amides is 1. The Morgan fingerprint density at radius 1 is 1.75 bits per heavy atom. The average molecular weight is 167 g/mol. The molecule has 0 aromatic heterocycles. The van der Waals surface area contributed by atoms with Gasteiger partial charge in [0, 0.05) is 19.4 Å². The molecule has 66 valence electrons. The molecular formula is C9H13NO2. The van der Waals surface area contributed by atoms with E-state index < -0.39 is 0 Å². The second-order valence-corrected chi connectivity index (χ2v) is 2.95. The van der Waals surface area contributed by atoms with E-state index in [1.54, 1.807) is 0 Å². The Labute approximate surface area is 72.5 Å². The summed E-state index contributed by atoms with van der Waals surface area (Å²) >= 11 is 0. The summed E-state index contributed by atoms with van der Waals surface area (Å²) in [5, 5.41) is 2.83. The molecule has 1 heterocycles. The van der Waals surface area contributed by atoms with Gasteiger partial charge in [0.1, 0.15) is 6.10 Å². The van der Waals surface area contributed by atoms with Crippen molar-refractivity contribution in [1.82, 2.24) is 5.32 Å². The number of hydrogen-bond donors (Lipinski definition) is 1. The van der Waals surface area contributed by atoms with E-state index in [0.29, 0.717) is 6.61 Å². The fourth-order valence-electron chi connectivity index (χ4n) is 1.33. The molecule has 0 saturated carbocycles. The summed E-state index contributed by atoms with van der Waals surface area (Å²) in [4.78, 5) is 10.7. The lowest BCUT2D eigenvalue weighted by molar-refractivity contribution is -0.120. The maximum Gasteiger partial charge on any atom is 0.217 e. The van der Waals surface area contributed by atoms with Gasteiger partial charge in [-0.05, 0) is 6.42 Å². The third-order valence-electron chi connectivity index (χ3n) is 1.88. The monoisotopic (exact) mass is 167 g/mol. The van der Waals surface area contributed by atoms with Crippen LogP contribution in [0.25, 0.3) is 0 Å². The number of rotatable bonds is 1. The van der Waals surface area contributed by atoms with Crippen molar-refractivity contribution in [2.45, 2.75) is 31.9 Å². The van der Waals surface area contributed by atoms with E-state index in [4.69, 9.17) is 11.2 Å². The summed E-state index contributed by atoms with van der Waals surface area (Å²) in [7, 11) is 0. The minimum Gasteiger partial charge on any atom is -0.365 e. The molecule has 2 atom stereocenters. The van der Waals surface area contributed by atoms with E-state index >= 15 is 0 Å². The van der Waals surface area contributed by atoms with Crippen molar-refractivity contribution in [3.63, 3.8) is 0 Å². The Bertz CT molecular complexity index is 207. The molecule has 1 fully saturated rings. The van der Waals surface area contributed by atoms with Crippen LogP contribution < -0.4 is 5.32 Å². The third-order valence-corrected chi connectivity index (χ3v) is 1.88. The lowest BCUT2D eigenvalue weighted by Crippen LogP contribution is -2.40. The molecule has 3 nitrogen and oxygen atoms in total. The van der Waals surface area contributed by atoms with Crippen molar-refractivity contribution >= 4 is 5.91 Å². The van der Waals surface area contributed by atoms with Gasteiger partial charge in [0.25, 0.3) is 0 Å². The number of nitrogens with one attached hydrogen (secondary N) is 1. The number of carbonyl (C=O) groups excluding carboxylic acids is 1. The van der Waals surface area contributed by atoms with Crippen LogP contribution >= 0.6 is 0 Å². The first kappa shape index (κ1) is 9.08. The molecule has 3 heteroatoms. The van der Waals surface area contributed by atoms with E-state index in [1.807, 2.05) is 0 Å². The van der Waals surface area contributed by atoms with Crippen LogP contribution in [0.15, 0.2) is 0 Å². The Morgan fingerprint density at radius 3 is 3.08 bits per heavy atom. The van der Waals surface area contributed by atoms with E-state index in [2.05, 4.69) is 11.2 Å². The first-order valence-corrected chi connectivity index (χ1v) is 4.07. The van der Waals surface area contributed by atoms with Crippen LogP contribution in [-0.2, 0) is 9.53 Å². The van der Waals surface area contributed by atoms with Gasteiger partial charge in [-0.1, -0.05) is 5.92 Å². The maximum atomic E-state index is 10.7. The van der Waals surface area contributed by atoms with Gasteiger partial charge in [-0.25, -0.2) is 0 Å². The second kappa shape index (κ2) is 4.13. The van der Waals surface area contributed by atoms with Crippen LogP contribution in [0.2, 0.25) is 0 Å². The lowest BCUT2D eigenvalue weighted by atomic mass is 10.0. The quantitative estimate of drug-likeness (QED) is 0.570. The summed E-state index contributed by atoms with van der Waals surface area (Å²) in [6.07, 6.45) is 6.67. The predicted molar refractivity (Wildman–Crippen MR) is 45.4 cm³/mol. The van der Waals surface area contributed by atoms with Gasteiger partial charge in [-0.3, -0.25) is 4.79 Å². The summed E-state index contributed by atoms with van der Waals surface area (Å²) in [6, 6.07) is 0.192. The summed E-state index contributed by atoms with van der Waals surface area (Å²) < 4.78 is 5.25. The van der Waals surface area contributed by atoms with Crippen molar-refractivity contribution in [2.24, 2.45) is 0 Å². The zero-order chi connectivity index (χ0) is 8.97. The fraction of sp³-hybridized carbons (Fsp3) is 0.667. The SMILES string of the molecule is C#C[C@@H]1C[C@H](NC(C)=O)CCO1. The normalized spacial score (nSPS) is 29.0. The molecule has 0 bridgehead atoms. The highest BCUT2D eigenvalue weighted by Crippen LogP contribution is 2.12. The average Bonchev–Trinajstić information content (AvgIpc) is 2.03. The smallest absolute Gasteiger partial charge is 0.217 e. The number of terminal acetylenes is 1. The van der Waals surface area contributed by atoms with E-state index in [9.17, 15) is 4.79 Å². The summed E-state index contributed by atoms with van der Waals surface area (Å²) in [6.45, 7) is 2.15. The van der Waals surface area contributed by atoms with Crippen molar-refractivity contribution < 1.29 is 9.53 Å². The molecule has 1 N–H and O–H groups in total. The zero-order valence-electron chi connectivity index (χ0n) is 7.17. The predicted octanol–water partition coefficient (Wildman–Crippen LogP) is 0.303. The third kappa shape index (κ3) is 2.55. The van der Waals surface area contributed by atoms with E-state index in [0.717, 1.165) is 12.8 Å². The summed E-state index contributed by atoms with van der Waals surface area (Å²) in [5.74, 6) is 2.53. The Morgan fingerprint density at radius 2 is 2.50 bits per heavy atom. The highest BCUT2D eigenvalue weighted by Gasteiger charge is 2.20. The van der Waals surface area contributed by atoms with Gasteiger partial charge in [0.15, 0.2) is 0 Å². The molecule has 0 aliphatic carbocycles. The molecule has 0 spiro atoms. The van der Waals surface area contributed by atoms with Crippen LogP contribution in [-0.4, -0.2) is 24.7 Å². The molecule has 1 aliphatic heterocycles. The van der Waals surface area contributed by atoms with Crippen LogP contribution in [0, 0.1) is 12.3 Å². The van der Waals surface area contributed by atoms with Gasteiger partial charge in [0.2, 0.25) is 5.91 Å². The summed E-state index contributed by atoms with van der Waals surface area (Å²) in [5.41, 5.74) is 0. The molecule has 0 aromatic rings. The number of ether oxygens (including phenoxy) is 1. The van der Waals surface area contributed by atoms with Gasteiger partial charge < -0.3 is 10.1 Å². The van der Waals surface area contributed by atoms with E-state index in [1.165, 1.54) is 6.92 Å². The van der Waals surface area contributed by atoms with Crippen molar-refractivity contribution in [1.29, 1.82) is 0 Å². The number of carbonyl (C=O) groups is 1. The Kier molecular flexibility index (Phi) is 3.12. The molecule has 0 unspecified atom stereocenters. The largest absolute Gasteiger partial charge is 0.365 e. The van der Waals surface area contributed by atoms with E-state index in [-0.39, 0.29) is 18.1 Å². The molecule has 1 rings (SSSR count). The molecular weight excluding hydrogens is 154 g/mol. The standard InChI is InChI=1S/C9H13NO2/c1-3-9-6-8(4-5-12-9)10-7(2)11/h1,8-9H,4-6H2,2H3,(H,10,11)/t8-,9-/m1/s1. The van der Waals surface area contributed by atoms with Crippen molar-refractivity contribution in [3.8, 4) is 12.3 Å². The first-order chi connectivity index (χ1) is 5.72. The Hall–Kier alpha value is -1.01. The van der Waals surface area contributed by atoms with Crippen molar-refractivity contribution in [2.75, 3.05) is 6.61 Å². The molecule has 1 saturated heterocycles. The molecule has 0 radical (unpaired) electrons. The molecule has 0 aromatic carbocycles. The topological polar surface area (TPSA) is 38.3 Å². The maximum absolute atomic E-state index is 10.7.